The second-order valence-electron chi connectivity index (χ2n) is 12.9. The van der Waals surface area contributed by atoms with Crippen molar-refractivity contribution >= 4 is 22.9 Å². The molecule has 0 bridgehead atoms. The van der Waals surface area contributed by atoms with E-state index < -0.39 is 0 Å². The van der Waals surface area contributed by atoms with Gasteiger partial charge >= 0.3 is 0 Å². The van der Waals surface area contributed by atoms with Gasteiger partial charge in [-0.15, -0.1) is 0 Å². The Morgan fingerprint density at radius 3 is 2.28 bits per heavy atom. The first kappa shape index (κ1) is 31.0. The Morgan fingerprint density at radius 1 is 0.884 bits per heavy atom. The minimum atomic E-state index is -0.335. The summed E-state index contributed by atoms with van der Waals surface area (Å²) in [6.45, 7) is 19.0. The van der Waals surface area contributed by atoms with Crippen molar-refractivity contribution in [1.82, 2.24) is 0 Å². The van der Waals surface area contributed by atoms with E-state index >= 15 is 0 Å². The van der Waals surface area contributed by atoms with Gasteiger partial charge < -0.3 is 19.5 Å². The number of Topliss-reactive ketones (excluding diaryl/α,β-unsaturated/α-hetero) is 1. The fraction of sp³-hybridized carbons (Fsp3) is 0.459. The van der Waals surface area contributed by atoms with Gasteiger partial charge in [0.1, 0.15) is 12.4 Å². The molecular weight excluding hydrogens is 536 g/mol. The molecule has 2 aromatic carbocycles. The van der Waals surface area contributed by atoms with E-state index in [-0.39, 0.29) is 22.4 Å². The highest BCUT2D eigenvalue weighted by Crippen LogP contribution is 2.49. The Balaban J connectivity index is 1.52. The van der Waals surface area contributed by atoms with Crippen LogP contribution in [0, 0.1) is 6.92 Å². The van der Waals surface area contributed by atoms with Crippen LogP contribution in [-0.2, 0) is 25.1 Å². The number of aryl methyl sites for hydroxylation is 1. The minimum Gasteiger partial charge on any atom is -0.506 e. The molecule has 0 unspecified atom stereocenters. The molecule has 6 heteroatoms. The Hall–Kier alpha value is -3.48. The molecule has 1 N–H and O–H groups in total. The lowest BCUT2D eigenvalue weighted by molar-refractivity contribution is -0.442. The molecule has 6 nitrogen and oxygen atoms in total. The molecule has 0 fully saturated rings. The number of ketones is 1. The lowest BCUT2D eigenvalue weighted by atomic mass is 9.77. The van der Waals surface area contributed by atoms with Crippen molar-refractivity contribution < 1.29 is 24.0 Å². The maximum absolute atomic E-state index is 13.8. The zero-order valence-corrected chi connectivity index (χ0v) is 26.9. The third kappa shape index (κ3) is 5.51. The van der Waals surface area contributed by atoms with Gasteiger partial charge in [0.15, 0.2) is 12.3 Å². The first-order chi connectivity index (χ1) is 20.5. The van der Waals surface area contributed by atoms with Gasteiger partial charge in [0, 0.05) is 54.3 Å². The first-order valence-electron chi connectivity index (χ1n) is 15.7. The molecule has 0 atom stereocenters. The number of aliphatic hydroxyl groups excluding tert-OH is 1. The summed E-state index contributed by atoms with van der Waals surface area (Å²) >= 11 is 0. The van der Waals surface area contributed by atoms with Crippen molar-refractivity contribution in [3.63, 3.8) is 0 Å². The van der Waals surface area contributed by atoms with Gasteiger partial charge in [0.25, 0.3) is 0 Å². The number of allylic oxidation sites excluding steroid dienone is 5. The largest absolute Gasteiger partial charge is 0.506 e. The maximum Gasteiger partial charge on any atom is 0.209 e. The number of hydrogen-bond donors (Lipinski definition) is 1. The van der Waals surface area contributed by atoms with Gasteiger partial charge in [-0.25, -0.2) is 0 Å². The SMILES string of the molecule is CCCOCCN1C(=CC2=C(O)C(=CC3=[N+](CCOCCC)c4ccccc4C3(C)C)C2=O)C(C)(C)c2cc(C)ccc21. The summed E-state index contributed by atoms with van der Waals surface area (Å²) in [5.41, 5.74) is 7.94. The Labute approximate surface area is 257 Å². The number of benzene rings is 2. The van der Waals surface area contributed by atoms with Gasteiger partial charge in [0.2, 0.25) is 11.5 Å². The quantitative estimate of drug-likeness (QED) is 0.162. The van der Waals surface area contributed by atoms with Gasteiger partial charge in [-0.05, 0) is 51.3 Å². The number of carbonyl (C=O) groups is 1. The van der Waals surface area contributed by atoms with Crippen LogP contribution in [0.3, 0.4) is 0 Å². The highest BCUT2D eigenvalue weighted by Gasteiger charge is 2.47. The van der Waals surface area contributed by atoms with Crippen LogP contribution in [0.5, 0.6) is 0 Å². The van der Waals surface area contributed by atoms with Crippen LogP contribution in [0.2, 0.25) is 0 Å². The zero-order valence-electron chi connectivity index (χ0n) is 26.9. The topological polar surface area (TPSA) is 62.0 Å². The van der Waals surface area contributed by atoms with Crippen LogP contribution in [-0.4, -0.2) is 60.7 Å². The molecule has 0 spiro atoms. The Morgan fingerprint density at radius 2 is 1.58 bits per heavy atom. The van der Waals surface area contributed by atoms with Crippen molar-refractivity contribution in [2.24, 2.45) is 0 Å². The molecule has 0 radical (unpaired) electrons. The van der Waals surface area contributed by atoms with E-state index in [1.165, 1.54) is 16.7 Å². The maximum atomic E-state index is 13.8. The number of para-hydroxylation sites is 1. The molecule has 0 saturated carbocycles. The van der Waals surface area contributed by atoms with Crippen LogP contribution < -0.4 is 4.90 Å². The zero-order chi connectivity index (χ0) is 30.9. The van der Waals surface area contributed by atoms with E-state index in [0.29, 0.717) is 37.4 Å². The molecule has 2 aromatic rings. The summed E-state index contributed by atoms with van der Waals surface area (Å²) in [6.07, 6.45) is 5.74. The summed E-state index contributed by atoms with van der Waals surface area (Å²) < 4.78 is 13.9. The molecular formula is C37H47N2O4+. The van der Waals surface area contributed by atoms with E-state index in [0.717, 1.165) is 48.8 Å². The van der Waals surface area contributed by atoms with Gasteiger partial charge in [-0.1, -0.05) is 63.6 Å². The molecule has 0 aromatic heterocycles. The summed E-state index contributed by atoms with van der Waals surface area (Å²) in [5.74, 6) is -0.0689. The number of hydrogen-bond acceptors (Lipinski definition) is 5. The third-order valence-corrected chi connectivity index (χ3v) is 9.02. The van der Waals surface area contributed by atoms with E-state index in [1.807, 2.05) is 18.2 Å². The monoisotopic (exact) mass is 583 g/mol. The smallest absolute Gasteiger partial charge is 0.209 e. The second-order valence-corrected chi connectivity index (χ2v) is 12.9. The summed E-state index contributed by atoms with van der Waals surface area (Å²) in [7, 11) is 0. The molecule has 3 aliphatic rings. The van der Waals surface area contributed by atoms with E-state index in [9.17, 15) is 9.90 Å². The van der Waals surface area contributed by atoms with Crippen LogP contribution in [0.25, 0.3) is 0 Å². The third-order valence-electron chi connectivity index (χ3n) is 9.02. The highest BCUT2D eigenvalue weighted by molar-refractivity contribution is 6.24. The molecule has 2 aliphatic heterocycles. The number of fused-ring (bicyclic) bond motifs is 2. The summed E-state index contributed by atoms with van der Waals surface area (Å²) in [5, 5.41) is 11.4. The van der Waals surface area contributed by atoms with Crippen LogP contribution in [0.15, 0.2) is 77.2 Å². The second kappa shape index (κ2) is 12.3. The van der Waals surface area contributed by atoms with Gasteiger partial charge in [-0.3, -0.25) is 4.79 Å². The predicted octanol–water partition coefficient (Wildman–Crippen LogP) is 7.23. The Bertz CT molecular complexity index is 1540. The van der Waals surface area contributed by atoms with Crippen molar-refractivity contribution in [3.05, 3.63) is 93.9 Å². The van der Waals surface area contributed by atoms with Crippen molar-refractivity contribution in [2.45, 2.75) is 72.1 Å². The predicted molar refractivity (Wildman–Crippen MR) is 174 cm³/mol. The molecule has 43 heavy (non-hydrogen) atoms. The van der Waals surface area contributed by atoms with Crippen LogP contribution in [0.1, 0.15) is 71.1 Å². The molecule has 1 aliphatic carbocycles. The molecule has 0 saturated heterocycles. The molecule has 5 rings (SSSR count). The number of aliphatic hydroxyl groups is 1. The van der Waals surface area contributed by atoms with Gasteiger partial charge in [0.05, 0.1) is 23.2 Å². The van der Waals surface area contributed by atoms with Crippen LogP contribution >= 0.6 is 0 Å². The standard InChI is InChI=1S/C37H46N2O4/c1-8-18-42-20-16-38-30-13-11-10-12-28(30)36(4,5)32(38)23-26-34(40)27(35(26)41)24-33-37(6,7)29-22-25(3)14-15-31(29)39(33)17-21-43-19-9-2/h10-15,22-24H,8-9,16-21H2,1-7H3/p+1. The van der Waals surface area contributed by atoms with E-state index in [4.69, 9.17) is 9.47 Å². The molecule has 228 valence electrons. The lowest BCUT2D eigenvalue weighted by Crippen LogP contribution is -2.33. The summed E-state index contributed by atoms with van der Waals surface area (Å²) in [6, 6.07) is 14.9. The van der Waals surface area contributed by atoms with E-state index in [1.54, 1.807) is 0 Å². The average molecular weight is 584 g/mol. The first-order valence-corrected chi connectivity index (χ1v) is 15.7. The highest BCUT2D eigenvalue weighted by atomic mass is 16.5. The number of ether oxygens (including phenoxy) is 2. The van der Waals surface area contributed by atoms with Crippen molar-refractivity contribution in [3.8, 4) is 0 Å². The molecule has 2 heterocycles. The van der Waals surface area contributed by atoms with Crippen molar-refractivity contribution in [1.29, 1.82) is 0 Å². The number of nitrogens with zero attached hydrogens (tertiary/aromatic N) is 2. The number of rotatable bonds is 12. The summed E-state index contributed by atoms with van der Waals surface area (Å²) in [4.78, 5) is 16.0. The van der Waals surface area contributed by atoms with Crippen molar-refractivity contribution in [2.75, 3.05) is 44.4 Å². The molecule has 0 amide bonds. The average Bonchev–Trinajstić information content (AvgIpc) is 3.32. The van der Waals surface area contributed by atoms with E-state index in [2.05, 4.69) is 94.3 Å². The van der Waals surface area contributed by atoms with Crippen LogP contribution in [0.4, 0.5) is 11.4 Å². The fourth-order valence-corrected chi connectivity index (χ4v) is 6.62. The number of carbonyl (C=O) groups excluding carboxylic acids is 1. The van der Waals surface area contributed by atoms with Gasteiger partial charge in [-0.2, -0.15) is 4.58 Å². The normalized spacial score (nSPS) is 20.3. The number of anilines is 1. The lowest BCUT2D eigenvalue weighted by Gasteiger charge is -2.29. The fourth-order valence-electron chi connectivity index (χ4n) is 6.62. The minimum absolute atomic E-state index is 0.0593. The Kier molecular flexibility index (Phi) is 8.82.